The summed E-state index contributed by atoms with van der Waals surface area (Å²) in [6.07, 6.45) is 0.257. The SMILES string of the molecule is O=C(CCn1c(=S)[nH]c2ccccc2c1=O)N1CCN(CCOc2ccccc2)CC1. The van der Waals surface area contributed by atoms with Crippen molar-refractivity contribution < 1.29 is 9.53 Å². The van der Waals surface area contributed by atoms with Gasteiger partial charge in [-0.15, -0.1) is 0 Å². The molecular formula is C23H26N4O3S. The van der Waals surface area contributed by atoms with Crippen LogP contribution in [0.1, 0.15) is 6.42 Å². The van der Waals surface area contributed by atoms with Gasteiger partial charge in [-0.1, -0.05) is 30.3 Å². The summed E-state index contributed by atoms with van der Waals surface area (Å²) in [5.74, 6) is 0.924. The van der Waals surface area contributed by atoms with Gasteiger partial charge in [-0.25, -0.2) is 0 Å². The number of nitrogens with one attached hydrogen (secondary N) is 1. The summed E-state index contributed by atoms with van der Waals surface area (Å²) < 4.78 is 7.58. The van der Waals surface area contributed by atoms with Crippen LogP contribution in [0.25, 0.3) is 10.9 Å². The summed E-state index contributed by atoms with van der Waals surface area (Å²) in [7, 11) is 0. The molecule has 0 radical (unpaired) electrons. The number of nitrogens with zero attached hydrogens (tertiary/aromatic N) is 3. The molecule has 1 aromatic heterocycles. The van der Waals surface area contributed by atoms with Gasteiger partial charge < -0.3 is 14.6 Å². The minimum Gasteiger partial charge on any atom is -0.492 e. The Kier molecular flexibility index (Phi) is 6.79. The molecule has 2 aromatic carbocycles. The number of rotatable bonds is 7. The molecule has 0 saturated carbocycles. The summed E-state index contributed by atoms with van der Waals surface area (Å²) in [6.45, 7) is 4.75. The van der Waals surface area contributed by atoms with Gasteiger partial charge in [0.25, 0.3) is 5.56 Å². The first kappa shape index (κ1) is 21.3. The molecule has 2 heterocycles. The number of aromatic nitrogens is 2. The highest BCUT2D eigenvalue weighted by molar-refractivity contribution is 7.71. The number of hydrogen-bond donors (Lipinski definition) is 1. The van der Waals surface area contributed by atoms with Gasteiger partial charge >= 0.3 is 0 Å². The summed E-state index contributed by atoms with van der Waals surface area (Å²) in [5.41, 5.74) is 0.558. The Labute approximate surface area is 185 Å². The summed E-state index contributed by atoms with van der Waals surface area (Å²) in [5, 5.41) is 0.579. The smallest absolute Gasteiger partial charge is 0.262 e. The number of hydrogen-bond acceptors (Lipinski definition) is 5. The Morgan fingerprint density at radius 3 is 2.45 bits per heavy atom. The summed E-state index contributed by atoms with van der Waals surface area (Å²) in [6, 6.07) is 17.0. The number of carbonyl (C=O) groups is 1. The third-order valence-corrected chi connectivity index (χ3v) is 5.91. The quantitative estimate of drug-likeness (QED) is 0.575. The first-order valence-electron chi connectivity index (χ1n) is 10.5. The third kappa shape index (κ3) is 5.21. The van der Waals surface area contributed by atoms with Crippen LogP contribution in [-0.2, 0) is 11.3 Å². The Balaban J connectivity index is 1.26. The number of aromatic amines is 1. The second-order valence-electron chi connectivity index (χ2n) is 7.57. The molecule has 0 unspecified atom stereocenters. The zero-order chi connectivity index (χ0) is 21.6. The van der Waals surface area contributed by atoms with E-state index in [0.29, 0.717) is 35.4 Å². The van der Waals surface area contributed by atoms with E-state index in [0.717, 1.165) is 25.4 Å². The van der Waals surface area contributed by atoms with Crippen LogP contribution in [0.4, 0.5) is 0 Å². The molecule has 1 aliphatic heterocycles. The summed E-state index contributed by atoms with van der Waals surface area (Å²) in [4.78, 5) is 32.6. The van der Waals surface area contributed by atoms with Gasteiger partial charge in [0.1, 0.15) is 12.4 Å². The molecule has 8 heteroatoms. The highest BCUT2D eigenvalue weighted by atomic mass is 32.1. The van der Waals surface area contributed by atoms with Crippen LogP contribution in [-0.4, -0.2) is 64.6 Å². The van der Waals surface area contributed by atoms with Crippen molar-refractivity contribution in [1.29, 1.82) is 0 Å². The third-order valence-electron chi connectivity index (χ3n) is 5.58. The molecule has 1 aliphatic rings. The van der Waals surface area contributed by atoms with E-state index in [4.69, 9.17) is 17.0 Å². The normalized spacial score (nSPS) is 14.6. The second kappa shape index (κ2) is 9.89. The van der Waals surface area contributed by atoms with E-state index >= 15 is 0 Å². The van der Waals surface area contributed by atoms with Crippen LogP contribution >= 0.6 is 12.2 Å². The molecule has 0 bridgehead atoms. The van der Waals surface area contributed by atoms with E-state index in [9.17, 15) is 9.59 Å². The van der Waals surface area contributed by atoms with Crippen molar-refractivity contribution in [3.8, 4) is 5.75 Å². The Bertz CT molecular complexity index is 1150. The zero-order valence-electron chi connectivity index (χ0n) is 17.3. The molecule has 1 amide bonds. The van der Waals surface area contributed by atoms with E-state index < -0.39 is 0 Å². The van der Waals surface area contributed by atoms with Crippen molar-refractivity contribution >= 4 is 29.0 Å². The van der Waals surface area contributed by atoms with Crippen molar-refractivity contribution in [2.24, 2.45) is 0 Å². The number of piperazine rings is 1. The molecule has 31 heavy (non-hydrogen) atoms. The molecule has 1 N–H and O–H groups in total. The lowest BCUT2D eigenvalue weighted by Gasteiger charge is -2.34. The van der Waals surface area contributed by atoms with Gasteiger partial charge in [-0.05, 0) is 36.5 Å². The first-order chi connectivity index (χ1) is 15.1. The molecule has 0 aliphatic carbocycles. The maximum absolute atomic E-state index is 12.7. The molecule has 0 spiro atoms. The Morgan fingerprint density at radius 1 is 0.968 bits per heavy atom. The van der Waals surface area contributed by atoms with E-state index in [1.165, 1.54) is 4.57 Å². The van der Waals surface area contributed by atoms with Gasteiger partial charge in [-0.2, -0.15) is 0 Å². The average molecular weight is 439 g/mol. The predicted octanol–water partition coefficient (Wildman–Crippen LogP) is 2.67. The second-order valence-corrected chi connectivity index (χ2v) is 7.95. The average Bonchev–Trinajstić information content (AvgIpc) is 2.80. The van der Waals surface area contributed by atoms with E-state index in [2.05, 4.69) is 9.88 Å². The van der Waals surface area contributed by atoms with Crippen LogP contribution in [0, 0.1) is 4.77 Å². The fourth-order valence-corrected chi connectivity index (χ4v) is 4.08. The topological polar surface area (TPSA) is 70.6 Å². The molecule has 1 fully saturated rings. The van der Waals surface area contributed by atoms with Gasteiger partial charge in [-0.3, -0.25) is 19.1 Å². The molecule has 162 valence electrons. The lowest BCUT2D eigenvalue weighted by atomic mass is 10.2. The number of benzene rings is 2. The Hall–Kier alpha value is -2.97. The number of ether oxygens (including phenoxy) is 1. The highest BCUT2D eigenvalue weighted by Gasteiger charge is 2.21. The van der Waals surface area contributed by atoms with E-state index in [1.807, 2.05) is 53.4 Å². The standard InChI is InChI=1S/C23H26N4O3S/c28-21(10-11-27-22(29)19-8-4-5-9-20(19)24-23(27)31)26-14-12-25(13-15-26)16-17-30-18-6-2-1-3-7-18/h1-9H,10-17H2,(H,24,31). The number of para-hydroxylation sites is 2. The van der Waals surface area contributed by atoms with E-state index in [-0.39, 0.29) is 24.4 Å². The molecule has 4 rings (SSSR count). The number of H-pyrrole nitrogens is 1. The van der Waals surface area contributed by atoms with Crippen molar-refractivity contribution in [3.05, 3.63) is 69.7 Å². The van der Waals surface area contributed by atoms with Gasteiger partial charge in [0.05, 0.1) is 10.9 Å². The van der Waals surface area contributed by atoms with Crippen molar-refractivity contribution in [2.45, 2.75) is 13.0 Å². The molecular weight excluding hydrogens is 412 g/mol. The Morgan fingerprint density at radius 2 is 1.68 bits per heavy atom. The molecule has 3 aromatic rings. The first-order valence-corrected chi connectivity index (χ1v) is 10.9. The molecule has 0 atom stereocenters. The van der Waals surface area contributed by atoms with Crippen molar-refractivity contribution in [1.82, 2.24) is 19.4 Å². The maximum atomic E-state index is 12.7. The monoisotopic (exact) mass is 438 g/mol. The van der Waals surface area contributed by atoms with Crippen LogP contribution in [0.3, 0.4) is 0 Å². The summed E-state index contributed by atoms with van der Waals surface area (Å²) >= 11 is 5.33. The highest BCUT2D eigenvalue weighted by Crippen LogP contribution is 2.10. The minimum absolute atomic E-state index is 0.0506. The van der Waals surface area contributed by atoms with E-state index in [1.54, 1.807) is 6.07 Å². The van der Waals surface area contributed by atoms with Crippen LogP contribution < -0.4 is 10.3 Å². The maximum Gasteiger partial charge on any atom is 0.262 e. The van der Waals surface area contributed by atoms with Gasteiger partial charge in [0.2, 0.25) is 5.91 Å². The van der Waals surface area contributed by atoms with Crippen molar-refractivity contribution in [3.63, 3.8) is 0 Å². The number of amides is 1. The van der Waals surface area contributed by atoms with Crippen molar-refractivity contribution in [2.75, 3.05) is 39.3 Å². The zero-order valence-corrected chi connectivity index (χ0v) is 18.1. The number of fused-ring (bicyclic) bond motifs is 1. The predicted molar refractivity (Wildman–Crippen MR) is 123 cm³/mol. The fourth-order valence-electron chi connectivity index (χ4n) is 3.80. The largest absolute Gasteiger partial charge is 0.492 e. The van der Waals surface area contributed by atoms with Crippen LogP contribution in [0.5, 0.6) is 5.75 Å². The van der Waals surface area contributed by atoms with Gasteiger partial charge in [0.15, 0.2) is 4.77 Å². The van der Waals surface area contributed by atoms with Crippen LogP contribution in [0.2, 0.25) is 0 Å². The molecule has 7 nitrogen and oxygen atoms in total. The number of carbonyl (C=O) groups excluding carboxylic acids is 1. The minimum atomic E-state index is -0.157. The lowest BCUT2D eigenvalue weighted by molar-refractivity contribution is -0.133. The van der Waals surface area contributed by atoms with Gasteiger partial charge in [0, 0.05) is 45.7 Å². The molecule has 1 saturated heterocycles. The van der Waals surface area contributed by atoms with Crippen LogP contribution in [0.15, 0.2) is 59.4 Å². The lowest BCUT2D eigenvalue weighted by Crippen LogP contribution is -2.49. The fraction of sp³-hybridized carbons (Fsp3) is 0.348.